The smallest absolute Gasteiger partial charge is 0.162 e. The number of aromatic nitrogens is 4. The summed E-state index contributed by atoms with van der Waals surface area (Å²) >= 11 is 0. The molecular formula is C10H8N4. The molecule has 0 saturated heterocycles. The average molecular weight is 184 g/mol. The molecular weight excluding hydrogens is 176 g/mol. The SMILES string of the molecule is Cc1nnc2ccc3cccnc3n12. The minimum absolute atomic E-state index is 0.841. The number of hydrogen-bond acceptors (Lipinski definition) is 3. The number of rotatable bonds is 0. The van der Waals surface area contributed by atoms with Gasteiger partial charge in [-0.1, -0.05) is 0 Å². The van der Waals surface area contributed by atoms with Crippen molar-refractivity contribution in [3.05, 3.63) is 36.3 Å². The van der Waals surface area contributed by atoms with Crippen LogP contribution in [0.2, 0.25) is 0 Å². The average Bonchev–Trinajstić information content (AvgIpc) is 2.61. The number of fused-ring (bicyclic) bond motifs is 3. The topological polar surface area (TPSA) is 43.1 Å². The third-order valence-electron chi connectivity index (χ3n) is 2.29. The Labute approximate surface area is 80.2 Å². The molecule has 3 rings (SSSR count). The van der Waals surface area contributed by atoms with Gasteiger partial charge in [0.05, 0.1) is 0 Å². The predicted octanol–water partition coefficient (Wildman–Crippen LogP) is 1.59. The van der Waals surface area contributed by atoms with Gasteiger partial charge in [0, 0.05) is 11.6 Å². The standard InChI is InChI=1S/C10H8N4/c1-7-12-13-9-5-4-8-3-2-6-11-10(8)14(7)9/h2-6H,1H3. The molecule has 4 heteroatoms. The van der Waals surface area contributed by atoms with E-state index in [9.17, 15) is 0 Å². The fourth-order valence-corrected chi connectivity index (χ4v) is 1.64. The maximum Gasteiger partial charge on any atom is 0.162 e. The van der Waals surface area contributed by atoms with Crippen molar-refractivity contribution < 1.29 is 0 Å². The van der Waals surface area contributed by atoms with E-state index >= 15 is 0 Å². The zero-order chi connectivity index (χ0) is 9.54. The van der Waals surface area contributed by atoms with Crippen molar-refractivity contribution in [2.75, 3.05) is 0 Å². The number of nitrogens with zero attached hydrogens (tertiary/aromatic N) is 4. The first-order valence-electron chi connectivity index (χ1n) is 4.42. The largest absolute Gasteiger partial charge is 0.263 e. The molecule has 0 spiro atoms. The molecule has 3 aromatic heterocycles. The fourth-order valence-electron chi connectivity index (χ4n) is 1.64. The van der Waals surface area contributed by atoms with Crippen molar-refractivity contribution in [3.63, 3.8) is 0 Å². The van der Waals surface area contributed by atoms with Crippen LogP contribution in [-0.2, 0) is 0 Å². The molecule has 0 bridgehead atoms. The molecule has 0 unspecified atom stereocenters. The zero-order valence-electron chi connectivity index (χ0n) is 7.68. The van der Waals surface area contributed by atoms with Crippen LogP contribution in [0.5, 0.6) is 0 Å². The van der Waals surface area contributed by atoms with E-state index < -0.39 is 0 Å². The molecule has 3 heterocycles. The highest BCUT2D eigenvalue weighted by Crippen LogP contribution is 2.14. The van der Waals surface area contributed by atoms with Gasteiger partial charge >= 0.3 is 0 Å². The fraction of sp³-hybridized carbons (Fsp3) is 0.100. The van der Waals surface area contributed by atoms with E-state index in [0.717, 1.165) is 22.5 Å². The van der Waals surface area contributed by atoms with Gasteiger partial charge in [-0.15, -0.1) is 10.2 Å². The molecule has 14 heavy (non-hydrogen) atoms. The molecule has 68 valence electrons. The monoisotopic (exact) mass is 184 g/mol. The van der Waals surface area contributed by atoms with Gasteiger partial charge in [0.1, 0.15) is 11.5 Å². The van der Waals surface area contributed by atoms with Gasteiger partial charge in [-0.05, 0) is 31.2 Å². The highest BCUT2D eigenvalue weighted by molar-refractivity contribution is 5.78. The molecule has 0 radical (unpaired) electrons. The van der Waals surface area contributed by atoms with Crippen molar-refractivity contribution in [1.82, 2.24) is 19.6 Å². The molecule has 0 aliphatic carbocycles. The van der Waals surface area contributed by atoms with Crippen molar-refractivity contribution in [1.29, 1.82) is 0 Å². The Morgan fingerprint density at radius 3 is 3.00 bits per heavy atom. The first-order valence-corrected chi connectivity index (χ1v) is 4.42. The Morgan fingerprint density at radius 1 is 1.14 bits per heavy atom. The summed E-state index contributed by atoms with van der Waals surface area (Å²) in [5.74, 6) is 0.865. The lowest BCUT2D eigenvalue weighted by Gasteiger charge is -1.99. The summed E-state index contributed by atoms with van der Waals surface area (Å²) < 4.78 is 1.95. The molecule has 0 aromatic carbocycles. The van der Waals surface area contributed by atoms with Crippen LogP contribution in [0.25, 0.3) is 16.7 Å². The summed E-state index contributed by atoms with van der Waals surface area (Å²) in [5, 5.41) is 9.16. The molecule has 3 aromatic rings. The molecule has 0 saturated carbocycles. The van der Waals surface area contributed by atoms with Gasteiger partial charge in [0.15, 0.2) is 5.65 Å². The molecule has 0 aliphatic rings. The summed E-state index contributed by atoms with van der Waals surface area (Å²) in [7, 11) is 0. The summed E-state index contributed by atoms with van der Waals surface area (Å²) in [5.41, 5.74) is 1.75. The van der Waals surface area contributed by atoms with E-state index in [2.05, 4.69) is 15.2 Å². The first-order chi connectivity index (χ1) is 6.86. The van der Waals surface area contributed by atoms with Gasteiger partial charge in [-0.2, -0.15) is 0 Å². The Balaban J connectivity index is 2.65. The van der Waals surface area contributed by atoms with Gasteiger partial charge in [0.2, 0.25) is 0 Å². The third kappa shape index (κ3) is 0.849. The van der Waals surface area contributed by atoms with E-state index in [1.807, 2.05) is 35.6 Å². The lowest BCUT2D eigenvalue weighted by Crippen LogP contribution is -1.92. The van der Waals surface area contributed by atoms with Gasteiger partial charge in [0.25, 0.3) is 0 Å². The van der Waals surface area contributed by atoms with Gasteiger partial charge < -0.3 is 0 Å². The Hall–Kier alpha value is -1.97. The predicted molar refractivity (Wildman–Crippen MR) is 53.0 cm³/mol. The van der Waals surface area contributed by atoms with E-state index in [0.29, 0.717) is 0 Å². The molecule has 4 nitrogen and oxygen atoms in total. The minimum Gasteiger partial charge on any atom is -0.263 e. The van der Waals surface area contributed by atoms with E-state index in [1.54, 1.807) is 6.20 Å². The third-order valence-corrected chi connectivity index (χ3v) is 2.29. The van der Waals surface area contributed by atoms with Crippen LogP contribution in [0, 0.1) is 6.92 Å². The quantitative estimate of drug-likeness (QED) is 0.532. The number of pyridine rings is 2. The normalized spacial score (nSPS) is 11.2. The lowest BCUT2D eigenvalue weighted by molar-refractivity contribution is 1.01. The number of aryl methyl sites for hydroxylation is 1. The molecule has 0 fully saturated rings. The first kappa shape index (κ1) is 7.44. The Bertz CT molecular complexity index is 612. The summed E-state index contributed by atoms with van der Waals surface area (Å²) in [6, 6.07) is 7.91. The van der Waals surface area contributed by atoms with Crippen LogP contribution >= 0.6 is 0 Å². The Kier molecular flexibility index (Phi) is 1.33. The van der Waals surface area contributed by atoms with E-state index in [4.69, 9.17) is 0 Å². The van der Waals surface area contributed by atoms with Crippen LogP contribution in [0.3, 0.4) is 0 Å². The molecule has 0 N–H and O–H groups in total. The van der Waals surface area contributed by atoms with Crippen LogP contribution in [-0.4, -0.2) is 19.6 Å². The maximum absolute atomic E-state index is 4.33. The second-order valence-corrected chi connectivity index (χ2v) is 3.19. The summed E-state index contributed by atoms with van der Waals surface area (Å²) in [4.78, 5) is 4.33. The van der Waals surface area contributed by atoms with Crippen molar-refractivity contribution >= 4 is 16.7 Å². The van der Waals surface area contributed by atoms with Crippen LogP contribution in [0.15, 0.2) is 30.5 Å². The summed E-state index contributed by atoms with van der Waals surface area (Å²) in [6.45, 7) is 1.92. The second kappa shape index (κ2) is 2.51. The van der Waals surface area contributed by atoms with Crippen LogP contribution in [0.4, 0.5) is 0 Å². The van der Waals surface area contributed by atoms with Crippen LogP contribution < -0.4 is 0 Å². The van der Waals surface area contributed by atoms with E-state index in [1.165, 1.54) is 0 Å². The van der Waals surface area contributed by atoms with Gasteiger partial charge in [-0.3, -0.25) is 4.40 Å². The zero-order valence-corrected chi connectivity index (χ0v) is 7.68. The maximum atomic E-state index is 4.33. The molecule has 0 atom stereocenters. The minimum atomic E-state index is 0.841. The molecule has 0 aliphatic heterocycles. The summed E-state index contributed by atoms with van der Waals surface area (Å²) in [6.07, 6.45) is 1.78. The van der Waals surface area contributed by atoms with Crippen LogP contribution in [0.1, 0.15) is 5.82 Å². The highest BCUT2D eigenvalue weighted by Gasteiger charge is 2.04. The lowest BCUT2D eigenvalue weighted by atomic mass is 10.3. The van der Waals surface area contributed by atoms with Crippen molar-refractivity contribution in [2.45, 2.75) is 6.92 Å². The highest BCUT2D eigenvalue weighted by atomic mass is 15.3. The van der Waals surface area contributed by atoms with Crippen molar-refractivity contribution in [3.8, 4) is 0 Å². The van der Waals surface area contributed by atoms with Crippen molar-refractivity contribution in [2.24, 2.45) is 0 Å². The number of hydrogen-bond donors (Lipinski definition) is 0. The van der Waals surface area contributed by atoms with Gasteiger partial charge in [-0.25, -0.2) is 4.98 Å². The molecule has 0 amide bonds. The Morgan fingerprint density at radius 2 is 2.07 bits per heavy atom. The second-order valence-electron chi connectivity index (χ2n) is 3.19. The van der Waals surface area contributed by atoms with E-state index in [-0.39, 0.29) is 0 Å².